The summed E-state index contributed by atoms with van der Waals surface area (Å²) in [6.07, 6.45) is 1.95. The van der Waals surface area contributed by atoms with Gasteiger partial charge in [0.25, 0.3) is 0 Å². The molecule has 0 spiro atoms. The molecule has 168 valence electrons. The Morgan fingerprint density at radius 1 is 1.07 bits per heavy atom. The van der Waals surface area contributed by atoms with Gasteiger partial charge in [0, 0.05) is 57.5 Å². The summed E-state index contributed by atoms with van der Waals surface area (Å²) in [5.41, 5.74) is 1.27. The van der Waals surface area contributed by atoms with Gasteiger partial charge in [0.05, 0.1) is 19.8 Å². The summed E-state index contributed by atoms with van der Waals surface area (Å²) in [5.74, 6) is 0.894. The molecule has 0 aliphatic carbocycles. The van der Waals surface area contributed by atoms with Crippen molar-refractivity contribution >= 4 is 5.96 Å². The van der Waals surface area contributed by atoms with Crippen molar-refractivity contribution < 1.29 is 9.47 Å². The van der Waals surface area contributed by atoms with E-state index in [0.717, 1.165) is 84.5 Å². The molecule has 2 fully saturated rings. The summed E-state index contributed by atoms with van der Waals surface area (Å²) < 4.78 is 11.1. The zero-order valence-corrected chi connectivity index (χ0v) is 18.7. The molecular formula is C23H39N5O2. The third kappa shape index (κ3) is 7.23. The first-order valence-corrected chi connectivity index (χ1v) is 11.4. The van der Waals surface area contributed by atoms with E-state index in [1.807, 2.05) is 0 Å². The highest BCUT2D eigenvalue weighted by Crippen LogP contribution is 2.26. The van der Waals surface area contributed by atoms with Crippen molar-refractivity contribution in [2.24, 2.45) is 4.99 Å². The largest absolute Gasteiger partial charge is 0.381 e. The number of nitrogens with one attached hydrogen (secondary N) is 3. The minimum Gasteiger partial charge on any atom is -0.381 e. The van der Waals surface area contributed by atoms with Gasteiger partial charge in [-0.25, -0.2) is 0 Å². The van der Waals surface area contributed by atoms with Crippen LogP contribution in [0.2, 0.25) is 0 Å². The fourth-order valence-corrected chi connectivity index (χ4v) is 4.12. The van der Waals surface area contributed by atoms with Crippen LogP contribution in [0.3, 0.4) is 0 Å². The Morgan fingerprint density at radius 2 is 1.77 bits per heavy atom. The quantitative estimate of drug-likeness (QED) is 0.420. The average molecular weight is 418 g/mol. The molecule has 2 heterocycles. The molecule has 2 aliphatic rings. The number of aliphatic imine (C=N–C) groups is 1. The van der Waals surface area contributed by atoms with E-state index in [4.69, 9.17) is 14.5 Å². The molecule has 3 rings (SSSR count). The van der Waals surface area contributed by atoms with Gasteiger partial charge in [0.2, 0.25) is 0 Å². The lowest BCUT2D eigenvalue weighted by Gasteiger charge is -2.39. The van der Waals surface area contributed by atoms with Crippen molar-refractivity contribution in [1.82, 2.24) is 20.9 Å². The van der Waals surface area contributed by atoms with E-state index in [1.165, 1.54) is 5.56 Å². The first-order valence-electron chi connectivity index (χ1n) is 11.4. The van der Waals surface area contributed by atoms with Crippen molar-refractivity contribution in [2.75, 3.05) is 65.7 Å². The molecule has 1 aromatic carbocycles. The molecule has 2 saturated heterocycles. The number of ether oxygens (including phenoxy) is 2. The highest BCUT2D eigenvalue weighted by Gasteiger charge is 2.34. The van der Waals surface area contributed by atoms with Crippen LogP contribution in [-0.4, -0.2) is 82.1 Å². The summed E-state index contributed by atoms with van der Waals surface area (Å²) in [4.78, 5) is 7.41. The SMILES string of the molecule is CCNC(=NCC1(NC(C)c2ccccc2)CCOCC1)NCCN1CCOCC1. The van der Waals surface area contributed by atoms with E-state index < -0.39 is 0 Å². The van der Waals surface area contributed by atoms with Crippen LogP contribution in [-0.2, 0) is 9.47 Å². The first-order chi connectivity index (χ1) is 14.7. The lowest BCUT2D eigenvalue weighted by molar-refractivity contribution is 0.0372. The number of hydrogen-bond donors (Lipinski definition) is 3. The van der Waals surface area contributed by atoms with Gasteiger partial charge in [-0.1, -0.05) is 30.3 Å². The Morgan fingerprint density at radius 3 is 2.47 bits per heavy atom. The topological polar surface area (TPSA) is 70.2 Å². The van der Waals surface area contributed by atoms with Crippen molar-refractivity contribution in [3.05, 3.63) is 35.9 Å². The summed E-state index contributed by atoms with van der Waals surface area (Å²) in [7, 11) is 0. The second-order valence-corrected chi connectivity index (χ2v) is 8.25. The normalized spacial score (nSPS) is 21.2. The highest BCUT2D eigenvalue weighted by molar-refractivity contribution is 5.79. The van der Waals surface area contributed by atoms with Crippen LogP contribution in [0.25, 0.3) is 0 Å². The molecule has 30 heavy (non-hydrogen) atoms. The Labute approximate surface area is 181 Å². The van der Waals surface area contributed by atoms with E-state index in [-0.39, 0.29) is 11.6 Å². The van der Waals surface area contributed by atoms with Crippen molar-refractivity contribution in [3.8, 4) is 0 Å². The van der Waals surface area contributed by atoms with Gasteiger partial charge < -0.3 is 25.4 Å². The first kappa shape index (κ1) is 23.0. The van der Waals surface area contributed by atoms with Gasteiger partial charge in [0.15, 0.2) is 5.96 Å². The summed E-state index contributed by atoms with van der Waals surface area (Å²) in [6.45, 7) is 13.1. The number of nitrogens with zero attached hydrogens (tertiary/aromatic N) is 2. The van der Waals surface area contributed by atoms with Gasteiger partial charge in [-0.3, -0.25) is 9.89 Å². The van der Waals surface area contributed by atoms with E-state index in [1.54, 1.807) is 0 Å². The molecule has 1 unspecified atom stereocenters. The summed E-state index contributed by atoms with van der Waals surface area (Å²) >= 11 is 0. The second kappa shape index (κ2) is 12.2. The van der Waals surface area contributed by atoms with E-state index in [9.17, 15) is 0 Å². The van der Waals surface area contributed by atoms with Crippen LogP contribution in [0.1, 0.15) is 38.3 Å². The molecule has 2 aliphatic heterocycles. The fourth-order valence-electron chi connectivity index (χ4n) is 4.12. The number of rotatable bonds is 9. The van der Waals surface area contributed by atoms with Gasteiger partial charge in [-0.05, 0) is 32.3 Å². The molecule has 0 amide bonds. The number of benzene rings is 1. The lowest BCUT2D eigenvalue weighted by Crippen LogP contribution is -2.53. The van der Waals surface area contributed by atoms with Gasteiger partial charge in [0.1, 0.15) is 0 Å². The zero-order valence-electron chi connectivity index (χ0n) is 18.7. The van der Waals surface area contributed by atoms with Crippen LogP contribution < -0.4 is 16.0 Å². The molecule has 1 atom stereocenters. The Kier molecular flexibility index (Phi) is 9.39. The highest BCUT2D eigenvalue weighted by atomic mass is 16.5. The van der Waals surface area contributed by atoms with Crippen molar-refractivity contribution in [1.29, 1.82) is 0 Å². The molecule has 0 bridgehead atoms. The number of hydrogen-bond acceptors (Lipinski definition) is 5. The molecule has 3 N–H and O–H groups in total. The molecule has 0 saturated carbocycles. The zero-order chi connectivity index (χ0) is 21.1. The molecule has 7 heteroatoms. The minimum absolute atomic E-state index is 0.0416. The molecule has 0 radical (unpaired) electrons. The predicted octanol–water partition coefficient (Wildman–Crippen LogP) is 1.77. The third-order valence-electron chi connectivity index (χ3n) is 5.98. The Bertz CT molecular complexity index is 628. The maximum absolute atomic E-state index is 5.66. The van der Waals surface area contributed by atoms with Gasteiger partial charge >= 0.3 is 0 Å². The van der Waals surface area contributed by atoms with E-state index in [0.29, 0.717) is 0 Å². The third-order valence-corrected chi connectivity index (χ3v) is 5.98. The maximum Gasteiger partial charge on any atom is 0.191 e. The summed E-state index contributed by atoms with van der Waals surface area (Å²) in [6, 6.07) is 10.9. The number of guanidine groups is 1. The monoisotopic (exact) mass is 417 g/mol. The van der Waals surface area contributed by atoms with Crippen LogP contribution in [0.5, 0.6) is 0 Å². The summed E-state index contributed by atoms with van der Waals surface area (Å²) in [5, 5.41) is 10.8. The van der Waals surface area contributed by atoms with Crippen LogP contribution in [0.4, 0.5) is 0 Å². The molecular weight excluding hydrogens is 378 g/mol. The Hall–Kier alpha value is -1.67. The predicted molar refractivity (Wildman–Crippen MR) is 122 cm³/mol. The molecule has 0 aromatic heterocycles. The van der Waals surface area contributed by atoms with E-state index >= 15 is 0 Å². The average Bonchev–Trinajstić information content (AvgIpc) is 2.79. The van der Waals surface area contributed by atoms with Gasteiger partial charge in [-0.2, -0.15) is 0 Å². The number of morpholine rings is 1. The molecule has 7 nitrogen and oxygen atoms in total. The minimum atomic E-state index is -0.0416. The second-order valence-electron chi connectivity index (χ2n) is 8.25. The molecule has 1 aromatic rings. The van der Waals surface area contributed by atoms with Crippen LogP contribution in [0.15, 0.2) is 35.3 Å². The van der Waals surface area contributed by atoms with Crippen LogP contribution in [0, 0.1) is 0 Å². The van der Waals surface area contributed by atoms with Crippen molar-refractivity contribution in [2.45, 2.75) is 38.3 Å². The Balaban J connectivity index is 1.58. The smallest absolute Gasteiger partial charge is 0.191 e. The van der Waals surface area contributed by atoms with Crippen molar-refractivity contribution in [3.63, 3.8) is 0 Å². The lowest BCUT2D eigenvalue weighted by atomic mass is 9.88. The maximum atomic E-state index is 5.66. The fraction of sp³-hybridized carbons (Fsp3) is 0.696. The van der Waals surface area contributed by atoms with Crippen LogP contribution >= 0.6 is 0 Å². The van der Waals surface area contributed by atoms with Gasteiger partial charge in [-0.15, -0.1) is 0 Å². The van der Waals surface area contributed by atoms with E-state index in [2.05, 4.69) is 65.0 Å². The standard InChI is InChI=1S/C23H39N5O2/c1-3-24-22(25-11-12-28-13-17-30-18-14-28)26-19-23(9-15-29-16-10-23)27-20(2)21-7-5-4-6-8-21/h4-8,20,27H,3,9-19H2,1-2H3,(H2,24,25,26).